The number of nitrogens with two attached hydrogens (primary N) is 1. The summed E-state index contributed by atoms with van der Waals surface area (Å²) < 4.78 is 29.1. The molecule has 0 unspecified atom stereocenters. The first-order valence-electron chi connectivity index (χ1n) is 12.5. The van der Waals surface area contributed by atoms with Crippen LogP contribution in [0.2, 0.25) is 0 Å². The fourth-order valence-electron chi connectivity index (χ4n) is 5.43. The van der Waals surface area contributed by atoms with E-state index in [1.165, 1.54) is 6.07 Å². The number of carbonyl (C=O) groups is 2. The highest BCUT2D eigenvalue weighted by Gasteiger charge is 2.33. The van der Waals surface area contributed by atoms with Crippen LogP contribution in [0.4, 0.5) is 5.69 Å². The predicted molar refractivity (Wildman–Crippen MR) is 135 cm³/mol. The summed E-state index contributed by atoms with van der Waals surface area (Å²) in [6, 6.07) is 4.40. The second kappa shape index (κ2) is 10.9. The van der Waals surface area contributed by atoms with E-state index in [-0.39, 0.29) is 23.3 Å². The van der Waals surface area contributed by atoms with E-state index in [0.29, 0.717) is 43.3 Å². The van der Waals surface area contributed by atoms with Crippen LogP contribution in [0.1, 0.15) is 31.2 Å². The number of hydrogen-bond acceptors (Lipinski definition) is 7. The predicted octanol–water partition coefficient (Wildman–Crippen LogP) is -0.0342. The number of piperidine rings is 1. The molecular formula is C24H38N6O4S. The van der Waals surface area contributed by atoms with E-state index >= 15 is 0 Å². The summed E-state index contributed by atoms with van der Waals surface area (Å²) in [4.78, 5) is 33.6. The van der Waals surface area contributed by atoms with Crippen LogP contribution in [0.5, 0.6) is 0 Å². The highest BCUT2D eigenvalue weighted by Crippen LogP contribution is 2.29. The van der Waals surface area contributed by atoms with Gasteiger partial charge in [-0.2, -0.15) is 4.72 Å². The molecule has 1 aromatic rings. The number of sulfonamides is 1. The summed E-state index contributed by atoms with van der Waals surface area (Å²) in [6.07, 6.45) is 3.49. The molecule has 3 heterocycles. The third-order valence-electron chi connectivity index (χ3n) is 7.57. The zero-order valence-corrected chi connectivity index (χ0v) is 21.6. The zero-order chi connectivity index (χ0) is 25.2. The van der Waals surface area contributed by atoms with Crippen LogP contribution in [0.3, 0.4) is 0 Å². The summed E-state index contributed by atoms with van der Waals surface area (Å²) in [5.41, 5.74) is 6.95. The first kappa shape index (κ1) is 26.0. The van der Waals surface area contributed by atoms with Gasteiger partial charge in [0.2, 0.25) is 21.8 Å². The minimum absolute atomic E-state index is 0.00925. The Labute approximate surface area is 208 Å². The lowest BCUT2D eigenvalue weighted by molar-refractivity contribution is -0.135. The molecule has 0 aliphatic carbocycles. The van der Waals surface area contributed by atoms with Gasteiger partial charge in [-0.3, -0.25) is 14.5 Å². The smallest absolute Gasteiger partial charge is 0.242 e. The van der Waals surface area contributed by atoms with E-state index < -0.39 is 16.1 Å². The number of likely N-dealkylation sites (tertiary alicyclic amines) is 1. The van der Waals surface area contributed by atoms with Crippen molar-refractivity contribution in [3.05, 3.63) is 23.8 Å². The Kier molecular flexibility index (Phi) is 8.12. The molecule has 10 nitrogen and oxygen atoms in total. The van der Waals surface area contributed by atoms with Gasteiger partial charge in [-0.25, -0.2) is 8.42 Å². The van der Waals surface area contributed by atoms with E-state index in [2.05, 4.69) is 21.6 Å². The van der Waals surface area contributed by atoms with Crippen molar-refractivity contribution in [2.24, 2.45) is 5.73 Å². The van der Waals surface area contributed by atoms with Crippen molar-refractivity contribution >= 4 is 27.5 Å². The van der Waals surface area contributed by atoms with Gasteiger partial charge >= 0.3 is 0 Å². The van der Waals surface area contributed by atoms with Gasteiger partial charge in [0.1, 0.15) is 6.04 Å². The largest absolute Gasteiger partial charge is 0.339 e. The number of anilines is 1. The van der Waals surface area contributed by atoms with Crippen molar-refractivity contribution < 1.29 is 18.0 Å². The minimum Gasteiger partial charge on any atom is -0.339 e. The number of amides is 2. The zero-order valence-electron chi connectivity index (χ0n) is 20.8. The summed E-state index contributed by atoms with van der Waals surface area (Å²) in [5.74, 6) is -0.298. The van der Waals surface area contributed by atoms with Crippen LogP contribution < -0.4 is 15.4 Å². The molecule has 4 rings (SSSR count). The Morgan fingerprint density at radius 1 is 1.11 bits per heavy atom. The van der Waals surface area contributed by atoms with Crippen LogP contribution in [0.15, 0.2) is 23.1 Å². The van der Waals surface area contributed by atoms with Gasteiger partial charge in [0.05, 0.1) is 4.90 Å². The number of piperazine rings is 1. The summed E-state index contributed by atoms with van der Waals surface area (Å²) in [6.45, 7) is 7.02. The molecule has 0 radical (unpaired) electrons. The molecule has 0 aromatic heterocycles. The Morgan fingerprint density at radius 3 is 2.40 bits per heavy atom. The number of carbonyl (C=O) groups excluding carboxylic acids is 2. The van der Waals surface area contributed by atoms with E-state index in [9.17, 15) is 18.0 Å². The molecule has 194 valence electrons. The summed E-state index contributed by atoms with van der Waals surface area (Å²) >= 11 is 0. The molecule has 11 heteroatoms. The van der Waals surface area contributed by atoms with Crippen LogP contribution >= 0.6 is 0 Å². The van der Waals surface area contributed by atoms with Crippen LogP contribution in [0.25, 0.3) is 0 Å². The molecule has 0 saturated carbocycles. The normalized spacial score (nSPS) is 22.1. The highest BCUT2D eigenvalue weighted by atomic mass is 32.2. The van der Waals surface area contributed by atoms with Crippen molar-refractivity contribution in [1.29, 1.82) is 0 Å². The standard InChI is InChI=1S/C24H38N6O4S/c1-18-21(30-10-4-7-23(30)31)5-3-6-22(18)35(33,34)26-20(17-25)24(32)29-15-13-28(14-16-29)19-8-11-27(2)12-9-19/h3,5-6,19-20,26H,4,7-17,25H2,1-2H3/t20-/m0/s1. The lowest BCUT2D eigenvalue weighted by Gasteiger charge is -2.42. The molecule has 2 amide bonds. The molecule has 3 N–H and O–H groups in total. The van der Waals surface area contributed by atoms with E-state index in [1.807, 2.05) is 0 Å². The maximum Gasteiger partial charge on any atom is 0.242 e. The van der Waals surface area contributed by atoms with E-state index in [1.54, 1.807) is 28.9 Å². The van der Waals surface area contributed by atoms with Crippen molar-refractivity contribution in [3.63, 3.8) is 0 Å². The van der Waals surface area contributed by atoms with Crippen molar-refractivity contribution in [2.45, 2.75) is 49.6 Å². The Balaban J connectivity index is 1.41. The molecule has 1 aromatic carbocycles. The number of rotatable bonds is 7. The highest BCUT2D eigenvalue weighted by molar-refractivity contribution is 7.89. The molecule has 3 saturated heterocycles. The first-order valence-corrected chi connectivity index (χ1v) is 14.0. The van der Waals surface area contributed by atoms with Crippen LogP contribution in [-0.4, -0.2) is 106 Å². The average Bonchev–Trinajstić information content (AvgIpc) is 3.28. The lowest BCUT2D eigenvalue weighted by atomic mass is 10.0. The molecule has 0 bridgehead atoms. The number of hydrogen-bond donors (Lipinski definition) is 2. The average molecular weight is 507 g/mol. The Bertz CT molecular complexity index is 1030. The van der Waals surface area contributed by atoms with Crippen molar-refractivity contribution in [2.75, 3.05) is 64.3 Å². The fraction of sp³-hybridized carbons (Fsp3) is 0.667. The summed E-state index contributed by atoms with van der Waals surface area (Å²) in [5, 5.41) is 0. The van der Waals surface area contributed by atoms with Crippen molar-refractivity contribution in [3.8, 4) is 0 Å². The van der Waals surface area contributed by atoms with Gasteiger partial charge in [-0.1, -0.05) is 6.07 Å². The molecular weight excluding hydrogens is 468 g/mol. The van der Waals surface area contributed by atoms with E-state index in [0.717, 1.165) is 45.4 Å². The van der Waals surface area contributed by atoms with Gasteiger partial charge in [0.15, 0.2) is 0 Å². The number of benzene rings is 1. The Morgan fingerprint density at radius 2 is 1.80 bits per heavy atom. The fourth-order valence-corrected chi connectivity index (χ4v) is 6.89. The lowest BCUT2D eigenvalue weighted by Crippen LogP contribution is -2.58. The topological polar surface area (TPSA) is 119 Å². The van der Waals surface area contributed by atoms with E-state index in [4.69, 9.17) is 5.73 Å². The summed E-state index contributed by atoms with van der Waals surface area (Å²) in [7, 11) is -1.88. The molecule has 35 heavy (non-hydrogen) atoms. The first-order chi connectivity index (χ1) is 16.7. The SMILES string of the molecule is Cc1c(N2CCCC2=O)cccc1S(=O)(=O)N[C@@H](CN)C(=O)N1CCN(C2CCN(C)CC2)CC1. The Hall–Kier alpha value is -2.05. The molecule has 1 atom stereocenters. The monoisotopic (exact) mass is 506 g/mol. The van der Waals surface area contributed by atoms with Crippen LogP contribution in [0, 0.1) is 6.92 Å². The third-order valence-corrected chi connectivity index (χ3v) is 9.19. The molecule has 0 spiro atoms. The maximum atomic E-state index is 13.3. The van der Waals surface area contributed by atoms with Crippen molar-refractivity contribution in [1.82, 2.24) is 19.4 Å². The number of nitrogens with zero attached hydrogens (tertiary/aromatic N) is 4. The number of nitrogens with one attached hydrogen (secondary N) is 1. The van der Waals surface area contributed by atoms with Gasteiger partial charge in [0.25, 0.3) is 0 Å². The molecule has 3 aliphatic rings. The second-order valence-corrected chi connectivity index (χ2v) is 11.5. The third kappa shape index (κ3) is 5.69. The minimum atomic E-state index is -4.02. The van der Waals surface area contributed by atoms with Gasteiger partial charge < -0.3 is 20.4 Å². The second-order valence-electron chi connectivity index (χ2n) is 9.85. The van der Waals surface area contributed by atoms with Crippen LogP contribution in [-0.2, 0) is 19.6 Å². The maximum absolute atomic E-state index is 13.3. The quantitative estimate of drug-likeness (QED) is 0.533. The molecule has 3 fully saturated rings. The van der Waals surface area contributed by atoms with Gasteiger partial charge in [0, 0.05) is 57.4 Å². The molecule has 3 aliphatic heterocycles. The van der Waals surface area contributed by atoms with Gasteiger partial charge in [-0.05, 0) is 64.0 Å². The van der Waals surface area contributed by atoms with Gasteiger partial charge in [-0.15, -0.1) is 0 Å².